The molecule has 0 N–H and O–H groups in total. The molecule has 0 aromatic heterocycles. The van der Waals surface area contributed by atoms with E-state index in [9.17, 15) is 17.6 Å². The lowest BCUT2D eigenvalue weighted by atomic mass is 9.99. The maximum atomic E-state index is 14.3. The highest BCUT2D eigenvalue weighted by atomic mass is 32.2. The number of halogens is 1. The van der Waals surface area contributed by atoms with Gasteiger partial charge in [0.25, 0.3) is 0 Å². The van der Waals surface area contributed by atoms with Crippen LogP contribution in [0.5, 0.6) is 17.2 Å². The minimum Gasteiger partial charge on any atom is -0.489 e. The van der Waals surface area contributed by atoms with Crippen LogP contribution in [-0.2, 0) is 42.0 Å². The summed E-state index contributed by atoms with van der Waals surface area (Å²) in [5, 5.41) is 0. The maximum absolute atomic E-state index is 14.3. The fourth-order valence-electron chi connectivity index (χ4n) is 7.36. The number of rotatable bonds is 12. The second kappa shape index (κ2) is 14.8. The molecule has 4 aliphatic rings. The summed E-state index contributed by atoms with van der Waals surface area (Å²) in [6, 6.07) is 17.6. The maximum Gasteiger partial charge on any atom is 0.412 e. The molecule has 280 valence electrons. The van der Waals surface area contributed by atoms with Crippen LogP contribution < -0.4 is 14.2 Å². The highest BCUT2D eigenvalue weighted by Crippen LogP contribution is 2.40. The van der Waals surface area contributed by atoms with Crippen LogP contribution in [0.2, 0.25) is 0 Å². The molecule has 5 atom stereocenters. The van der Waals surface area contributed by atoms with Gasteiger partial charge in [-0.25, -0.2) is 17.6 Å². The van der Waals surface area contributed by atoms with E-state index in [4.69, 9.17) is 33.2 Å². The topological polar surface area (TPSA) is 122 Å². The van der Waals surface area contributed by atoms with Gasteiger partial charge >= 0.3 is 6.09 Å². The van der Waals surface area contributed by atoms with Crippen molar-refractivity contribution < 1.29 is 50.8 Å². The van der Waals surface area contributed by atoms with E-state index in [1.165, 1.54) is 28.6 Å². The van der Waals surface area contributed by atoms with Crippen LogP contribution in [0.15, 0.2) is 71.6 Å². The van der Waals surface area contributed by atoms with E-state index in [-0.39, 0.29) is 55.6 Å². The second-order valence-electron chi connectivity index (χ2n) is 14.5. The van der Waals surface area contributed by atoms with Gasteiger partial charge in [0.1, 0.15) is 30.0 Å². The van der Waals surface area contributed by atoms with Crippen molar-refractivity contribution in [2.45, 2.75) is 82.3 Å². The predicted octanol–water partition coefficient (Wildman–Crippen LogP) is 5.73. The normalized spacial score (nSPS) is 24.8. The van der Waals surface area contributed by atoms with E-state index in [0.717, 1.165) is 12.0 Å². The molecule has 3 fully saturated rings. The first-order chi connectivity index (χ1) is 24.9. The molecular weight excluding hydrogens is 695 g/mol. The van der Waals surface area contributed by atoms with E-state index in [1.54, 1.807) is 36.9 Å². The lowest BCUT2D eigenvalue weighted by molar-refractivity contribution is -0.0911. The van der Waals surface area contributed by atoms with Gasteiger partial charge in [-0.05, 0) is 80.1 Å². The molecule has 1 unspecified atom stereocenters. The zero-order valence-electron chi connectivity index (χ0n) is 29.7. The molecule has 52 heavy (non-hydrogen) atoms. The van der Waals surface area contributed by atoms with Gasteiger partial charge < -0.3 is 33.2 Å². The Kier molecular flexibility index (Phi) is 10.4. The van der Waals surface area contributed by atoms with Gasteiger partial charge in [0.15, 0.2) is 17.8 Å². The van der Waals surface area contributed by atoms with Gasteiger partial charge in [-0.15, -0.1) is 0 Å². The molecule has 3 aromatic rings. The van der Waals surface area contributed by atoms with Crippen molar-refractivity contribution in [2.24, 2.45) is 11.8 Å². The first kappa shape index (κ1) is 36.4. The van der Waals surface area contributed by atoms with Gasteiger partial charge in [-0.2, -0.15) is 4.31 Å². The minimum absolute atomic E-state index is 0.0124. The van der Waals surface area contributed by atoms with Gasteiger partial charge in [0, 0.05) is 19.2 Å². The Morgan fingerprint density at radius 2 is 1.81 bits per heavy atom. The lowest BCUT2D eigenvalue weighted by Gasteiger charge is -2.34. The largest absolute Gasteiger partial charge is 0.489 e. The number of ether oxygens (including phenoxy) is 7. The number of hydrogen-bond donors (Lipinski definition) is 0. The third kappa shape index (κ3) is 7.72. The van der Waals surface area contributed by atoms with Crippen molar-refractivity contribution in [2.75, 3.05) is 33.1 Å². The molecule has 3 aromatic carbocycles. The highest BCUT2D eigenvalue weighted by molar-refractivity contribution is 7.89. The fourth-order valence-corrected chi connectivity index (χ4v) is 9.00. The number of nitrogens with zero attached hydrogens (tertiary/aromatic N) is 2. The molecule has 12 nitrogen and oxygen atoms in total. The summed E-state index contributed by atoms with van der Waals surface area (Å²) >= 11 is 0. The van der Waals surface area contributed by atoms with Crippen LogP contribution in [0.1, 0.15) is 45.2 Å². The zero-order chi connectivity index (χ0) is 36.6. The van der Waals surface area contributed by atoms with E-state index < -0.39 is 46.4 Å². The molecule has 0 spiro atoms. The van der Waals surface area contributed by atoms with Crippen molar-refractivity contribution in [1.29, 1.82) is 0 Å². The van der Waals surface area contributed by atoms with E-state index in [0.29, 0.717) is 35.8 Å². The van der Waals surface area contributed by atoms with Gasteiger partial charge in [0.2, 0.25) is 16.8 Å². The first-order valence-electron chi connectivity index (χ1n) is 17.6. The quantitative estimate of drug-likeness (QED) is 0.228. The summed E-state index contributed by atoms with van der Waals surface area (Å²) in [5.74, 6) is 1.04. The summed E-state index contributed by atoms with van der Waals surface area (Å²) < 4.78 is 84.5. The number of carbonyl (C=O) groups excluding carboxylic acids is 1. The molecular formula is C38H45FN2O10S. The summed E-state index contributed by atoms with van der Waals surface area (Å²) in [4.78, 5) is 15.8. The van der Waals surface area contributed by atoms with Crippen LogP contribution >= 0.6 is 0 Å². The lowest BCUT2D eigenvalue weighted by Crippen LogP contribution is -2.51. The number of fused-ring (bicyclic) bond motifs is 2. The number of sulfonamides is 1. The summed E-state index contributed by atoms with van der Waals surface area (Å²) in [6.45, 7) is 8.66. The first-order valence-corrected chi connectivity index (χ1v) is 19.1. The van der Waals surface area contributed by atoms with Crippen molar-refractivity contribution >= 4 is 16.1 Å². The van der Waals surface area contributed by atoms with Gasteiger partial charge in [-0.3, -0.25) is 4.90 Å². The Labute approximate surface area is 303 Å². The van der Waals surface area contributed by atoms with Crippen molar-refractivity contribution in [3.63, 3.8) is 0 Å². The molecule has 1 amide bonds. The van der Waals surface area contributed by atoms with E-state index in [2.05, 4.69) is 0 Å². The standard InChI is InChI=1S/C38H45FN2O10S/c1-24(2)19-40(52(43,44)29-12-13-32-33(18-29)49-23-48-32)20-34-31(17-25-8-10-28(11-9-25)46-21-26-6-5-7-27(39)16-26)41(38(3,4)51-34)37(42)50-35-22-47-36-30(35)14-15-45-36/h5-13,16,18,24,30-31,34-36H,14-15,17,19-23H2,1-4H3/t30?,31-,34+,35-,36+/m0/s1. The molecule has 14 heteroatoms. The smallest absolute Gasteiger partial charge is 0.412 e. The second-order valence-corrected chi connectivity index (χ2v) is 16.4. The highest BCUT2D eigenvalue weighted by Gasteiger charge is 2.53. The minimum atomic E-state index is -4.03. The van der Waals surface area contributed by atoms with Crippen LogP contribution in [0.3, 0.4) is 0 Å². The Balaban J connectivity index is 1.15. The summed E-state index contributed by atoms with van der Waals surface area (Å²) in [5.41, 5.74) is 0.434. The SMILES string of the molecule is CC(C)CN(C[C@H]1OC(C)(C)N(C(=O)O[C@H]2CO[C@H]3OCCC32)[C@H]1Cc1ccc(OCc2cccc(F)c2)cc1)S(=O)(=O)c1ccc2c(c1)OCO2. The Morgan fingerprint density at radius 1 is 1.02 bits per heavy atom. The van der Waals surface area contributed by atoms with E-state index in [1.807, 2.05) is 38.1 Å². The molecule has 4 aliphatic heterocycles. The summed E-state index contributed by atoms with van der Waals surface area (Å²) in [6.07, 6.45) is -1.10. The van der Waals surface area contributed by atoms with Gasteiger partial charge in [-0.1, -0.05) is 38.1 Å². The molecule has 0 bridgehead atoms. The molecule has 7 rings (SSSR count). The fraction of sp³-hybridized carbons (Fsp3) is 0.500. The Hall–Kier alpha value is -3.95. The predicted molar refractivity (Wildman–Crippen MR) is 186 cm³/mol. The van der Waals surface area contributed by atoms with Crippen LogP contribution in [0.4, 0.5) is 9.18 Å². The average molecular weight is 741 g/mol. The van der Waals surface area contributed by atoms with E-state index >= 15 is 0 Å². The molecule has 4 heterocycles. The van der Waals surface area contributed by atoms with Gasteiger partial charge in [0.05, 0.1) is 36.2 Å². The number of hydrogen-bond acceptors (Lipinski definition) is 10. The third-order valence-corrected chi connectivity index (χ3v) is 11.6. The van der Waals surface area contributed by atoms with Crippen molar-refractivity contribution in [1.82, 2.24) is 9.21 Å². The van der Waals surface area contributed by atoms with Crippen LogP contribution in [0, 0.1) is 17.7 Å². The van der Waals surface area contributed by atoms with Crippen molar-refractivity contribution in [3.8, 4) is 17.2 Å². The Morgan fingerprint density at radius 3 is 2.58 bits per heavy atom. The molecule has 0 saturated carbocycles. The number of carbonyl (C=O) groups is 1. The Bertz CT molecular complexity index is 1860. The van der Waals surface area contributed by atoms with Crippen molar-refractivity contribution in [3.05, 3.63) is 83.7 Å². The third-order valence-electron chi connectivity index (χ3n) is 9.81. The van der Waals surface area contributed by atoms with Crippen LogP contribution in [-0.4, -0.2) is 87.1 Å². The monoisotopic (exact) mass is 740 g/mol. The molecule has 3 saturated heterocycles. The number of benzene rings is 3. The number of amides is 1. The average Bonchev–Trinajstić information content (AvgIpc) is 3.89. The summed E-state index contributed by atoms with van der Waals surface area (Å²) in [7, 11) is -4.03. The zero-order valence-corrected chi connectivity index (χ0v) is 30.6. The van der Waals surface area contributed by atoms with Crippen LogP contribution in [0.25, 0.3) is 0 Å². The molecule has 0 radical (unpaired) electrons. The molecule has 0 aliphatic carbocycles.